The van der Waals surface area contributed by atoms with Gasteiger partial charge in [-0.25, -0.2) is 14.8 Å². The van der Waals surface area contributed by atoms with Crippen molar-refractivity contribution in [2.24, 2.45) is 0 Å². The SMILES string of the molecule is O=C(O)CNC(=O)OC(C(=O)O)c1ccccc1[NH+]([O-])O. The maximum atomic E-state index is 11.3. The molecule has 0 radical (unpaired) electrons. The Hall–Kier alpha value is -2.69. The van der Waals surface area contributed by atoms with Crippen molar-refractivity contribution in [1.29, 1.82) is 0 Å². The molecule has 10 nitrogen and oxygen atoms in total. The summed E-state index contributed by atoms with van der Waals surface area (Å²) in [5, 5.41) is 37.9. The van der Waals surface area contributed by atoms with Crippen LogP contribution in [0.4, 0.5) is 10.5 Å². The van der Waals surface area contributed by atoms with Crippen molar-refractivity contribution in [3.05, 3.63) is 35.0 Å². The van der Waals surface area contributed by atoms with Crippen LogP contribution < -0.4 is 10.5 Å². The number of para-hydroxylation sites is 1. The van der Waals surface area contributed by atoms with Gasteiger partial charge in [-0.2, -0.15) is 5.23 Å². The molecule has 0 aromatic heterocycles. The molecule has 5 N–H and O–H groups in total. The zero-order valence-corrected chi connectivity index (χ0v) is 10.5. The lowest BCUT2D eigenvalue weighted by molar-refractivity contribution is -0.991. The molecule has 1 rings (SSSR count). The minimum absolute atomic E-state index is 0.233. The molecular formula is C11H12N2O8. The number of carbonyl (C=O) groups is 3. The Morgan fingerprint density at radius 2 is 1.90 bits per heavy atom. The molecule has 0 aliphatic rings. The minimum atomic E-state index is -1.87. The Kier molecular flexibility index (Phi) is 5.60. The number of hydrogen-bond acceptors (Lipinski definition) is 6. The number of rotatable bonds is 6. The van der Waals surface area contributed by atoms with Gasteiger partial charge in [0.15, 0.2) is 5.69 Å². The van der Waals surface area contributed by atoms with Gasteiger partial charge in [0.1, 0.15) is 6.54 Å². The van der Waals surface area contributed by atoms with E-state index in [9.17, 15) is 19.6 Å². The van der Waals surface area contributed by atoms with Gasteiger partial charge in [-0.05, 0) is 6.07 Å². The van der Waals surface area contributed by atoms with Gasteiger partial charge in [0.2, 0.25) is 6.10 Å². The number of carboxylic acid groups (broad SMARTS) is 2. The quantitative estimate of drug-likeness (QED) is 0.419. The highest BCUT2D eigenvalue weighted by Gasteiger charge is 2.29. The van der Waals surface area contributed by atoms with Gasteiger partial charge in [0.25, 0.3) is 0 Å². The number of amides is 1. The van der Waals surface area contributed by atoms with Crippen LogP contribution in [0, 0.1) is 5.21 Å². The van der Waals surface area contributed by atoms with E-state index in [4.69, 9.17) is 15.4 Å². The Bertz CT molecular complexity index is 545. The molecule has 10 heteroatoms. The van der Waals surface area contributed by atoms with Crippen LogP contribution in [0.15, 0.2) is 24.3 Å². The van der Waals surface area contributed by atoms with E-state index in [1.807, 2.05) is 5.32 Å². The van der Waals surface area contributed by atoms with Gasteiger partial charge in [0, 0.05) is 6.07 Å². The third kappa shape index (κ3) is 4.72. The minimum Gasteiger partial charge on any atom is -0.595 e. The molecule has 1 aromatic carbocycles. The van der Waals surface area contributed by atoms with Gasteiger partial charge in [-0.15, -0.1) is 0 Å². The third-order valence-electron chi connectivity index (χ3n) is 2.31. The third-order valence-corrected chi connectivity index (χ3v) is 2.31. The molecule has 0 heterocycles. The number of benzene rings is 1. The first-order valence-electron chi connectivity index (χ1n) is 5.54. The summed E-state index contributed by atoms with van der Waals surface area (Å²) >= 11 is 0. The van der Waals surface area contributed by atoms with Crippen LogP contribution in [-0.2, 0) is 14.3 Å². The van der Waals surface area contributed by atoms with E-state index < -0.39 is 35.9 Å². The molecule has 0 saturated carbocycles. The standard InChI is InChI=1S/C11H12N2O8/c14-8(15)5-12-11(18)21-9(10(16)17)6-3-1-2-4-7(6)13(19)20/h1-4,9,13,19H,5H2,(H,12,18)(H,14,15)(H,16,17). The number of aliphatic carboxylic acids is 2. The maximum Gasteiger partial charge on any atom is 0.408 e. The van der Waals surface area contributed by atoms with Crippen molar-refractivity contribution >= 4 is 23.7 Å². The molecule has 1 aromatic rings. The second-order valence-electron chi connectivity index (χ2n) is 3.76. The van der Waals surface area contributed by atoms with E-state index >= 15 is 0 Å². The molecule has 2 atom stereocenters. The van der Waals surface area contributed by atoms with E-state index in [1.54, 1.807) is 0 Å². The van der Waals surface area contributed by atoms with Crippen LogP contribution in [-0.4, -0.2) is 40.0 Å². The van der Waals surface area contributed by atoms with Crippen molar-refractivity contribution in [3.63, 3.8) is 0 Å². The molecule has 0 spiro atoms. The lowest BCUT2D eigenvalue weighted by Crippen LogP contribution is -2.99. The molecule has 114 valence electrons. The van der Waals surface area contributed by atoms with Crippen molar-refractivity contribution in [2.75, 3.05) is 6.54 Å². The molecular weight excluding hydrogens is 288 g/mol. The average Bonchev–Trinajstić information content (AvgIpc) is 2.42. The summed E-state index contributed by atoms with van der Waals surface area (Å²) in [6, 6.07) is 5.12. The Labute approximate surface area is 117 Å². The zero-order chi connectivity index (χ0) is 16.0. The lowest BCUT2D eigenvalue weighted by atomic mass is 10.1. The number of hydrogen-bond donors (Lipinski definition) is 5. The molecule has 1 amide bonds. The Balaban J connectivity index is 2.95. The highest BCUT2D eigenvalue weighted by atomic mass is 16.8. The predicted molar refractivity (Wildman–Crippen MR) is 64.7 cm³/mol. The first-order valence-corrected chi connectivity index (χ1v) is 5.54. The van der Waals surface area contributed by atoms with Crippen LogP contribution in [0.25, 0.3) is 0 Å². The molecule has 0 aliphatic carbocycles. The highest BCUT2D eigenvalue weighted by Crippen LogP contribution is 2.23. The van der Waals surface area contributed by atoms with E-state index in [1.165, 1.54) is 18.2 Å². The fourth-order valence-electron chi connectivity index (χ4n) is 1.46. The molecule has 0 bridgehead atoms. The molecule has 0 fully saturated rings. The summed E-state index contributed by atoms with van der Waals surface area (Å²) in [4.78, 5) is 32.7. The summed E-state index contributed by atoms with van der Waals surface area (Å²) in [5.74, 6) is -2.93. The predicted octanol–water partition coefficient (Wildman–Crippen LogP) is -0.973. The molecule has 2 unspecified atom stereocenters. The van der Waals surface area contributed by atoms with Crippen LogP contribution >= 0.6 is 0 Å². The van der Waals surface area contributed by atoms with E-state index in [2.05, 4.69) is 4.74 Å². The van der Waals surface area contributed by atoms with Gasteiger partial charge in [-0.3, -0.25) is 4.79 Å². The van der Waals surface area contributed by atoms with Crippen molar-refractivity contribution in [3.8, 4) is 0 Å². The second kappa shape index (κ2) is 7.19. The summed E-state index contributed by atoms with van der Waals surface area (Å²) < 4.78 is 4.56. The van der Waals surface area contributed by atoms with Crippen LogP contribution in [0.2, 0.25) is 0 Å². The Morgan fingerprint density at radius 3 is 2.43 bits per heavy atom. The highest BCUT2D eigenvalue weighted by molar-refractivity contribution is 5.81. The summed E-state index contributed by atoms with van der Waals surface area (Å²) in [6.45, 7) is -0.758. The summed E-state index contributed by atoms with van der Waals surface area (Å²) in [5.41, 5.74) is -0.570. The fraction of sp³-hybridized carbons (Fsp3) is 0.182. The zero-order valence-electron chi connectivity index (χ0n) is 10.5. The number of nitrogens with one attached hydrogen (secondary N) is 2. The smallest absolute Gasteiger partial charge is 0.408 e. The lowest BCUT2D eigenvalue weighted by Gasteiger charge is -2.19. The van der Waals surface area contributed by atoms with Crippen molar-refractivity contribution < 1.29 is 39.8 Å². The van der Waals surface area contributed by atoms with E-state index in [0.717, 1.165) is 6.07 Å². The number of ether oxygens (including phenoxy) is 1. The summed E-state index contributed by atoms with van der Waals surface area (Å²) in [6.07, 6.45) is -3.16. The normalized spacial score (nSPS) is 13.0. The number of carbonyl (C=O) groups excluding carboxylic acids is 1. The average molecular weight is 300 g/mol. The number of alkyl carbamates (subject to hydrolysis) is 1. The monoisotopic (exact) mass is 300 g/mol. The van der Waals surface area contributed by atoms with Crippen molar-refractivity contribution in [1.82, 2.24) is 5.32 Å². The fourth-order valence-corrected chi connectivity index (χ4v) is 1.46. The number of carboxylic acids is 2. The topological polar surface area (TPSA) is 161 Å². The first kappa shape index (κ1) is 16.4. The second-order valence-corrected chi connectivity index (χ2v) is 3.76. The van der Waals surface area contributed by atoms with Crippen LogP contribution in [0.1, 0.15) is 11.7 Å². The maximum absolute atomic E-state index is 11.3. The molecule has 0 aliphatic heterocycles. The number of quaternary nitrogens is 1. The first-order chi connectivity index (χ1) is 9.82. The van der Waals surface area contributed by atoms with Gasteiger partial charge in [-0.1, -0.05) is 12.1 Å². The van der Waals surface area contributed by atoms with Crippen LogP contribution in [0.5, 0.6) is 0 Å². The summed E-state index contributed by atoms with van der Waals surface area (Å²) in [7, 11) is 0. The van der Waals surface area contributed by atoms with Gasteiger partial charge in [0.05, 0.1) is 5.56 Å². The molecule has 0 saturated heterocycles. The van der Waals surface area contributed by atoms with E-state index in [0.29, 0.717) is 0 Å². The van der Waals surface area contributed by atoms with Gasteiger partial charge < -0.3 is 25.5 Å². The molecule has 21 heavy (non-hydrogen) atoms. The van der Waals surface area contributed by atoms with Crippen molar-refractivity contribution in [2.45, 2.75) is 6.10 Å². The van der Waals surface area contributed by atoms with Crippen LogP contribution in [0.3, 0.4) is 0 Å². The Morgan fingerprint density at radius 1 is 1.29 bits per heavy atom. The van der Waals surface area contributed by atoms with E-state index in [-0.39, 0.29) is 11.3 Å². The van der Waals surface area contributed by atoms with Gasteiger partial charge >= 0.3 is 18.0 Å². The largest absolute Gasteiger partial charge is 0.595 e.